The fourth-order valence-electron chi connectivity index (χ4n) is 1.80. The van der Waals surface area contributed by atoms with E-state index in [0.29, 0.717) is 6.54 Å². The molecule has 1 atom stereocenters. The first kappa shape index (κ1) is 9.93. The number of benzene rings is 1. The Balaban J connectivity index is 2.37. The summed E-state index contributed by atoms with van der Waals surface area (Å²) in [5, 5.41) is 0. The predicted molar refractivity (Wildman–Crippen MR) is 60.6 cm³/mol. The molecule has 0 aliphatic rings. The molecule has 1 aromatic carbocycles. The second kappa shape index (κ2) is 4.28. The van der Waals surface area contributed by atoms with Gasteiger partial charge in [-0.1, -0.05) is 30.3 Å². The third-order valence-corrected chi connectivity index (χ3v) is 2.61. The van der Waals surface area contributed by atoms with Crippen LogP contribution in [-0.2, 0) is 0 Å². The fourth-order valence-corrected chi connectivity index (χ4v) is 1.80. The van der Waals surface area contributed by atoms with Crippen LogP contribution in [0.1, 0.15) is 17.4 Å². The summed E-state index contributed by atoms with van der Waals surface area (Å²) in [5.41, 5.74) is 7.04. The summed E-state index contributed by atoms with van der Waals surface area (Å²) >= 11 is 0. The maximum absolute atomic E-state index is 5.82. The lowest BCUT2D eigenvalue weighted by atomic mass is 10.1. The maximum atomic E-state index is 5.82. The van der Waals surface area contributed by atoms with Gasteiger partial charge in [0.25, 0.3) is 0 Å². The monoisotopic (exact) mass is 201 g/mol. The summed E-state index contributed by atoms with van der Waals surface area (Å²) in [4.78, 5) is 4.22. The van der Waals surface area contributed by atoms with Crippen molar-refractivity contribution in [2.45, 2.75) is 13.0 Å². The summed E-state index contributed by atoms with van der Waals surface area (Å²) in [6.07, 6.45) is 3.78. The zero-order valence-corrected chi connectivity index (χ0v) is 8.80. The van der Waals surface area contributed by atoms with E-state index in [9.17, 15) is 0 Å². The SMILES string of the molecule is Cc1nccn1C(CN)c1ccccc1. The number of nitrogens with zero attached hydrogens (tertiary/aromatic N) is 2. The van der Waals surface area contributed by atoms with Crippen molar-refractivity contribution in [2.75, 3.05) is 6.54 Å². The minimum Gasteiger partial charge on any atom is -0.328 e. The molecule has 0 aliphatic carbocycles. The topological polar surface area (TPSA) is 43.8 Å². The number of rotatable bonds is 3. The zero-order chi connectivity index (χ0) is 10.7. The quantitative estimate of drug-likeness (QED) is 0.822. The van der Waals surface area contributed by atoms with Crippen molar-refractivity contribution >= 4 is 0 Å². The molecule has 2 N–H and O–H groups in total. The minimum atomic E-state index is 0.189. The Bertz CT molecular complexity index is 419. The highest BCUT2D eigenvalue weighted by Crippen LogP contribution is 2.17. The van der Waals surface area contributed by atoms with Crippen LogP contribution in [0, 0.1) is 6.92 Å². The van der Waals surface area contributed by atoms with Gasteiger partial charge in [0.2, 0.25) is 0 Å². The highest BCUT2D eigenvalue weighted by atomic mass is 15.1. The van der Waals surface area contributed by atoms with Crippen LogP contribution in [0.2, 0.25) is 0 Å². The second-order valence-electron chi connectivity index (χ2n) is 3.54. The van der Waals surface area contributed by atoms with Crippen molar-refractivity contribution < 1.29 is 0 Å². The number of nitrogens with two attached hydrogens (primary N) is 1. The molecule has 0 amide bonds. The molecule has 0 saturated heterocycles. The van der Waals surface area contributed by atoms with Crippen molar-refractivity contribution in [2.24, 2.45) is 5.73 Å². The van der Waals surface area contributed by atoms with E-state index in [2.05, 4.69) is 21.7 Å². The smallest absolute Gasteiger partial charge is 0.106 e. The fraction of sp³-hybridized carbons (Fsp3) is 0.250. The third-order valence-electron chi connectivity index (χ3n) is 2.61. The Morgan fingerprint density at radius 3 is 2.60 bits per heavy atom. The Morgan fingerprint density at radius 1 is 1.33 bits per heavy atom. The van der Waals surface area contributed by atoms with E-state index in [0.717, 1.165) is 5.82 Å². The Kier molecular flexibility index (Phi) is 2.83. The summed E-state index contributed by atoms with van der Waals surface area (Å²) in [6, 6.07) is 10.5. The van der Waals surface area contributed by atoms with Crippen LogP contribution in [0.3, 0.4) is 0 Å². The van der Waals surface area contributed by atoms with Gasteiger partial charge in [-0.3, -0.25) is 0 Å². The first-order valence-corrected chi connectivity index (χ1v) is 5.07. The number of hydrogen-bond donors (Lipinski definition) is 1. The summed E-state index contributed by atoms with van der Waals surface area (Å²) in [7, 11) is 0. The highest BCUT2D eigenvalue weighted by Gasteiger charge is 2.12. The van der Waals surface area contributed by atoms with Crippen LogP contribution in [0.4, 0.5) is 0 Å². The zero-order valence-electron chi connectivity index (χ0n) is 8.80. The van der Waals surface area contributed by atoms with Gasteiger partial charge >= 0.3 is 0 Å². The average Bonchev–Trinajstić information content (AvgIpc) is 2.68. The molecule has 78 valence electrons. The van der Waals surface area contributed by atoms with Crippen LogP contribution in [-0.4, -0.2) is 16.1 Å². The molecule has 0 spiro atoms. The van der Waals surface area contributed by atoms with Gasteiger partial charge < -0.3 is 10.3 Å². The molecule has 3 heteroatoms. The number of aryl methyl sites for hydroxylation is 1. The Morgan fingerprint density at radius 2 is 2.07 bits per heavy atom. The Labute approximate surface area is 89.6 Å². The number of imidazole rings is 1. The van der Waals surface area contributed by atoms with Crippen LogP contribution in [0.15, 0.2) is 42.7 Å². The van der Waals surface area contributed by atoms with Gasteiger partial charge in [-0.05, 0) is 12.5 Å². The molecule has 1 heterocycles. The van der Waals surface area contributed by atoms with Crippen LogP contribution in [0.5, 0.6) is 0 Å². The van der Waals surface area contributed by atoms with E-state index in [-0.39, 0.29) is 6.04 Å². The van der Waals surface area contributed by atoms with Gasteiger partial charge in [-0.15, -0.1) is 0 Å². The molecule has 2 aromatic rings. The van der Waals surface area contributed by atoms with Gasteiger partial charge in [-0.2, -0.15) is 0 Å². The lowest BCUT2D eigenvalue weighted by Gasteiger charge is -2.18. The van der Waals surface area contributed by atoms with E-state index >= 15 is 0 Å². The third kappa shape index (κ3) is 1.92. The molecule has 2 rings (SSSR count). The van der Waals surface area contributed by atoms with Crippen molar-refractivity contribution in [3.63, 3.8) is 0 Å². The summed E-state index contributed by atoms with van der Waals surface area (Å²) in [6.45, 7) is 2.58. The molecule has 1 aromatic heterocycles. The summed E-state index contributed by atoms with van der Waals surface area (Å²) in [5.74, 6) is 0.995. The molecule has 0 fully saturated rings. The molecule has 15 heavy (non-hydrogen) atoms. The van der Waals surface area contributed by atoms with E-state index in [4.69, 9.17) is 5.73 Å². The molecule has 0 bridgehead atoms. The van der Waals surface area contributed by atoms with Gasteiger partial charge in [0.1, 0.15) is 5.82 Å². The minimum absolute atomic E-state index is 0.189. The molecule has 1 unspecified atom stereocenters. The number of hydrogen-bond acceptors (Lipinski definition) is 2. The van der Waals surface area contributed by atoms with Crippen molar-refractivity contribution in [1.29, 1.82) is 0 Å². The van der Waals surface area contributed by atoms with E-state index in [1.807, 2.05) is 31.3 Å². The van der Waals surface area contributed by atoms with Gasteiger partial charge in [0, 0.05) is 18.9 Å². The van der Waals surface area contributed by atoms with Gasteiger partial charge in [0.15, 0.2) is 0 Å². The largest absolute Gasteiger partial charge is 0.328 e. The van der Waals surface area contributed by atoms with Gasteiger partial charge in [0.05, 0.1) is 6.04 Å². The first-order valence-electron chi connectivity index (χ1n) is 5.07. The van der Waals surface area contributed by atoms with Crippen molar-refractivity contribution in [3.8, 4) is 0 Å². The first-order chi connectivity index (χ1) is 7.33. The molecular weight excluding hydrogens is 186 g/mol. The van der Waals surface area contributed by atoms with Crippen LogP contribution in [0.25, 0.3) is 0 Å². The maximum Gasteiger partial charge on any atom is 0.106 e. The molecule has 0 saturated carbocycles. The molecule has 0 radical (unpaired) electrons. The molecule has 0 aliphatic heterocycles. The normalized spacial score (nSPS) is 12.7. The van der Waals surface area contributed by atoms with Crippen LogP contribution >= 0.6 is 0 Å². The summed E-state index contributed by atoms with van der Waals surface area (Å²) < 4.78 is 2.11. The Hall–Kier alpha value is -1.61. The van der Waals surface area contributed by atoms with Crippen molar-refractivity contribution in [1.82, 2.24) is 9.55 Å². The van der Waals surface area contributed by atoms with Crippen molar-refractivity contribution in [3.05, 3.63) is 54.1 Å². The van der Waals surface area contributed by atoms with E-state index < -0.39 is 0 Å². The second-order valence-corrected chi connectivity index (χ2v) is 3.54. The predicted octanol–water partition coefficient (Wildman–Crippen LogP) is 1.74. The van der Waals surface area contributed by atoms with Crippen LogP contribution < -0.4 is 5.73 Å². The van der Waals surface area contributed by atoms with E-state index in [1.165, 1.54) is 5.56 Å². The number of aromatic nitrogens is 2. The lowest BCUT2D eigenvalue weighted by Crippen LogP contribution is -2.20. The molecule has 3 nitrogen and oxygen atoms in total. The highest BCUT2D eigenvalue weighted by molar-refractivity contribution is 5.21. The van der Waals surface area contributed by atoms with E-state index in [1.54, 1.807) is 6.20 Å². The standard InChI is InChI=1S/C12H15N3/c1-10-14-7-8-15(10)12(9-13)11-5-3-2-4-6-11/h2-8,12H,9,13H2,1H3. The average molecular weight is 201 g/mol. The lowest BCUT2D eigenvalue weighted by molar-refractivity contribution is 0.578. The van der Waals surface area contributed by atoms with Gasteiger partial charge in [-0.25, -0.2) is 4.98 Å². The molecular formula is C12H15N3.